The molecule has 0 saturated carbocycles. The summed E-state index contributed by atoms with van der Waals surface area (Å²) in [5.74, 6) is 0.628. The third-order valence-electron chi connectivity index (χ3n) is 7.59. The van der Waals surface area contributed by atoms with Crippen molar-refractivity contribution in [3.63, 3.8) is 0 Å². The van der Waals surface area contributed by atoms with Gasteiger partial charge < -0.3 is 15.1 Å². The minimum absolute atomic E-state index is 0.249. The Bertz CT molecular complexity index is 1420. The molecular weight excluding hydrogens is 476 g/mol. The van der Waals surface area contributed by atoms with Gasteiger partial charge in [-0.05, 0) is 68.4 Å². The lowest BCUT2D eigenvalue weighted by molar-refractivity contribution is 0.102. The summed E-state index contributed by atoms with van der Waals surface area (Å²) in [5, 5.41) is 11.2. The van der Waals surface area contributed by atoms with Crippen molar-refractivity contribution in [2.75, 3.05) is 56.5 Å². The number of carbonyl (C=O) groups excluding carboxylic acids is 1. The Morgan fingerprint density at radius 1 is 0.947 bits per heavy atom. The van der Waals surface area contributed by atoms with Gasteiger partial charge in [0.2, 0.25) is 0 Å². The fourth-order valence-electron chi connectivity index (χ4n) is 5.37. The Morgan fingerprint density at radius 2 is 1.79 bits per heavy atom. The van der Waals surface area contributed by atoms with Gasteiger partial charge in [-0.15, -0.1) is 0 Å². The highest BCUT2D eigenvalue weighted by molar-refractivity contribution is 6.11. The van der Waals surface area contributed by atoms with Crippen molar-refractivity contribution in [1.29, 1.82) is 0 Å². The van der Waals surface area contributed by atoms with E-state index >= 15 is 0 Å². The van der Waals surface area contributed by atoms with Crippen LogP contribution in [0.3, 0.4) is 0 Å². The number of likely N-dealkylation sites (N-methyl/N-ethyl adjacent to an activating group) is 1. The SMILES string of the molecule is CN1CCN(c2cc(NC(=O)c3n[nH]c4ccc(-c5cncc(CN6CCCCC6)c5)cc34)ccn2)CC1. The molecule has 196 valence electrons. The van der Waals surface area contributed by atoms with Crippen LogP contribution in [-0.4, -0.2) is 82.2 Å². The van der Waals surface area contributed by atoms with Crippen LogP contribution in [0.4, 0.5) is 11.5 Å². The maximum absolute atomic E-state index is 13.3. The van der Waals surface area contributed by atoms with E-state index in [-0.39, 0.29) is 5.91 Å². The second-order valence-corrected chi connectivity index (χ2v) is 10.4. The molecule has 3 aromatic heterocycles. The summed E-state index contributed by atoms with van der Waals surface area (Å²) >= 11 is 0. The van der Waals surface area contributed by atoms with Gasteiger partial charge in [0.05, 0.1) is 5.52 Å². The Kier molecular flexibility index (Phi) is 7.02. The number of likely N-dealkylation sites (tertiary alicyclic amines) is 1. The molecule has 0 radical (unpaired) electrons. The molecule has 9 heteroatoms. The molecule has 5 heterocycles. The van der Waals surface area contributed by atoms with Crippen LogP contribution < -0.4 is 10.2 Å². The van der Waals surface area contributed by atoms with Crippen molar-refractivity contribution in [1.82, 2.24) is 30.0 Å². The molecule has 38 heavy (non-hydrogen) atoms. The number of hydrogen-bond donors (Lipinski definition) is 2. The molecule has 0 unspecified atom stereocenters. The number of piperazine rings is 1. The number of rotatable bonds is 6. The summed E-state index contributed by atoms with van der Waals surface area (Å²) < 4.78 is 0. The van der Waals surface area contributed by atoms with Crippen molar-refractivity contribution in [3.8, 4) is 11.1 Å². The number of benzene rings is 1. The zero-order chi connectivity index (χ0) is 25.9. The molecule has 2 aliphatic rings. The van der Waals surface area contributed by atoms with Gasteiger partial charge in [0.15, 0.2) is 5.69 Å². The molecule has 2 aliphatic heterocycles. The predicted molar refractivity (Wildman–Crippen MR) is 150 cm³/mol. The number of pyridine rings is 2. The Morgan fingerprint density at radius 3 is 2.63 bits per heavy atom. The number of anilines is 2. The summed E-state index contributed by atoms with van der Waals surface area (Å²) in [6, 6.07) is 12.0. The van der Waals surface area contributed by atoms with Crippen LogP contribution in [0, 0.1) is 0 Å². The van der Waals surface area contributed by atoms with Crippen LogP contribution in [-0.2, 0) is 6.54 Å². The molecule has 0 atom stereocenters. The van der Waals surface area contributed by atoms with Crippen LogP contribution in [0.2, 0.25) is 0 Å². The molecule has 2 saturated heterocycles. The maximum Gasteiger partial charge on any atom is 0.276 e. The summed E-state index contributed by atoms with van der Waals surface area (Å²) in [6.07, 6.45) is 9.45. The van der Waals surface area contributed by atoms with Crippen molar-refractivity contribution in [2.24, 2.45) is 0 Å². The van der Waals surface area contributed by atoms with E-state index in [2.05, 4.69) is 59.4 Å². The van der Waals surface area contributed by atoms with Crippen molar-refractivity contribution >= 4 is 28.3 Å². The molecule has 2 fully saturated rings. The van der Waals surface area contributed by atoms with Crippen molar-refractivity contribution in [2.45, 2.75) is 25.8 Å². The molecule has 9 nitrogen and oxygen atoms in total. The van der Waals surface area contributed by atoms with E-state index in [1.54, 1.807) is 6.20 Å². The number of nitrogens with zero attached hydrogens (tertiary/aromatic N) is 6. The van der Waals surface area contributed by atoms with Crippen LogP contribution in [0.15, 0.2) is 55.0 Å². The van der Waals surface area contributed by atoms with Gasteiger partial charge in [-0.2, -0.15) is 5.10 Å². The number of fused-ring (bicyclic) bond motifs is 1. The number of carbonyl (C=O) groups is 1. The quantitative estimate of drug-likeness (QED) is 0.405. The molecule has 0 spiro atoms. The standard InChI is InChI=1S/C29H34N8O/c1-35-11-13-37(14-12-35)27-17-24(7-8-31-27)32-29(38)28-25-16-22(5-6-26(25)33-34-28)23-15-21(18-30-19-23)20-36-9-3-2-4-10-36/h5-8,15-19H,2-4,9-14,20H2,1H3,(H,33,34)(H,31,32,38). The first-order chi connectivity index (χ1) is 18.6. The Hall–Kier alpha value is -3.82. The third-order valence-corrected chi connectivity index (χ3v) is 7.59. The summed E-state index contributed by atoms with van der Waals surface area (Å²) in [4.78, 5) is 29.4. The predicted octanol–water partition coefficient (Wildman–Crippen LogP) is 4.01. The summed E-state index contributed by atoms with van der Waals surface area (Å²) in [5.41, 5.74) is 5.17. The largest absolute Gasteiger partial charge is 0.354 e. The highest BCUT2D eigenvalue weighted by atomic mass is 16.1. The summed E-state index contributed by atoms with van der Waals surface area (Å²) in [7, 11) is 2.13. The molecule has 2 N–H and O–H groups in total. The van der Waals surface area contributed by atoms with E-state index in [1.165, 1.54) is 24.8 Å². The Labute approximate surface area is 222 Å². The summed E-state index contributed by atoms with van der Waals surface area (Å²) in [6.45, 7) is 7.05. The van der Waals surface area contributed by atoms with E-state index in [1.807, 2.05) is 36.7 Å². The van der Waals surface area contributed by atoms with Gasteiger partial charge in [0.25, 0.3) is 5.91 Å². The zero-order valence-corrected chi connectivity index (χ0v) is 21.9. The van der Waals surface area contributed by atoms with E-state index in [4.69, 9.17) is 0 Å². The molecule has 6 rings (SSSR count). The minimum atomic E-state index is -0.249. The fraction of sp³-hybridized carbons (Fsp3) is 0.379. The smallest absolute Gasteiger partial charge is 0.276 e. The van der Waals surface area contributed by atoms with Gasteiger partial charge >= 0.3 is 0 Å². The molecule has 1 amide bonds. The van der Waals surface area contributed by atoms with E-state index in [9.17, 15) is 4.79 Å². The fourth-order valence-corrected chi connectivity index (χ4v) is 5.37. The lowest BCUT2D eigenvalue weighted by Gasteiger charge is -2.33. The lowest BCUT2D eigenvalue weighted by atomic mass is 10.0. The van der Waals surface area contributed by atoms with Gasteiger partial charge in [0, 0.05) is 74.0 Å². The number of aromatic amines is 1. The molecule has 1 aromatic carbocycles. The number of aromatic nitrogens is 4. The van der Waals surface area contributed by atoms with Crippen LogP contribution in [0.5, 0.6) is 0 Å². The van der Waals surface area contributed by atoms with Gasteiger partial charge in [-0.3, -0.25) is 19.8 Å². The highest BCUT2D eigenvalue weighted by Gasteiger charge is 2.19. The number of piperidine rings is 1. The average Bonchev–Trinajstić information content (AvgIpc) is 3.38. The van der Waals surface area contributed by atoms with E-state index < -0.39 is 0 Å². The van der Waals surface area contributed by atoms with E-state index in [0.29, 0.717) is 11.4 Å². The number of nitrogens with one attached hydrogen (secondary N) is 2. The van der Waals surface area contributed by atoms with Gasteiger partial charge in [-0.1, -0.05) is 12.5 Å². The molecular formula is C29H34N8O. The minimum Gasteiger partial charge on any atom is -0.354 e. The Balaban J connectivity index is 1.20. The molecule has 4 aromatic rings. The normalized spacial score (nSPS) is 17.1. The third kappa shape index (κ3) is 5.39. The van der Waals surface area contributed by atoms with Crippen molar-refractivity contribution in [3.05, 3.63) is 66.2 Å². The lowest BCUT2D eigenvalue weighted by Crippen LogP contribution is -2.44. The second-order valence-electron chi connectivity index (χ2n) is 10.4. The average molecular weight is 511 g/mol. The first kappa shape index (κ1) is 24.5. The van der Waals surface area contributed by atoms with Gasteiger partial charge in [0.1, 0.15) is 5.82 Å². The maximum atomic E-state index is 13.3. The topological polar surface area (TPSA) is 93.3 Å². The molecule has 0 aliphatic carbocycles. The van der Waals surface area contributed by atoms with Crippen molar-refractivity contribution < 1.29 is 4.79 Å². The number of amides is 1. The van der Waals surface area contributed by atoms with Crippen LogP contribution in [0.25, 0.3) is 22.0 Å². The van der Waals surface area contributed by atoms with Crippen LogP contribution >= 0.6 is 0 Å². The zero-order valence-electron chi connectivity index (χ0n) is 21.9. The first-order valence-corrected chi connectivity index (χ1v) is 13.5. The number of H-pyrrole nitrogens is 1. The van der Waals surface area contributed by atoms with Crippen LogP contribution in [0.1, 0.15) is 35.3 Å². The molecule has 0 bridgehead atoms. The van der Waals surface area contributed by atoms with E-state index in [0.717, 1.165) is 73.7 Å². The van der Waals surface area contributed by atoms with Gasteiger partial charge in [-0.25, -0.2) is 4.98 Å². The monoisotopic (exact) mass is 510 g/mol. The number of hydrogen-bond acceptors (Lipinski definition) is 7. The highest BCUT2D eigenvalue weighted by Crippen LogP contribution is 2.27. The second kappa shape index (κ2) is 10.9. The first-order valence-electron chi connectivity index (χ1n) is 13.5.